The molecule has 0 saturated heterocycles. The van der Waals surface area contributed by atoms with Crippen LogP contribution in [0, 0.1) is 0 Å². The van der Waals surface area contributed by atoms with Crippen LogP contribution in [0.25, 0.3) is 0 Å². The Kier molecular flexibility index (Phi) is 5.01. The molecule has 0 N–H and O–H groups in total. The maximum atomic E-state index is 11.4. The molecule has 0 saturated carbocycles. The Bertz CT molecular complexity index is 462. The summed E-state index contributed by atoms with van der Waals surface area (Å²) in [6.07, 6.45) is 0. The molecule has 1 aromatic rings. The highest BCUT2D eigenvalue weighted by Crippen LogP contribution is 2.39. The van der Waals surface area contributed by atoms with Gasteiger partial charge in [0.2, 0.25) is 0 Å². The highest BCUT2D eigenvalue weighted by atomic mass is 16.5. The topological polar surface area (TPSA) is 26.3 Å². The summed E-state index contributed by atoms with van der Waals surface area (Å²) in [5.41, 5.74) is 3.62. The molecule has 0 spiro atoms. The Balaban J connectivity index is 3.59. The number of hydrogen-bond donors (Lipinski definition) is 0. The molecule has 20 heavy (non-hydrogen) atoms. The van der Waals surface area contributed by atoms with Crippen LogP contribution in [0.4, 0.5) is 0 Å². The van der Waals surface area contributed by atoms with Crippen molar-refractivity contribution in [1.29, 1.82) is 0 Å². The fourth-order valence-corrected chi connectivity index (χ4v) is 2.23. The molecule has 0 unspecified atom stereocenters. The first-order valence-electron chi connectivity index (χ1n) is 7.40. The van der Waals surface area contributed by atoms with Crippen molar-refractivity contribution in [2.75, 3.05) is 0 Å². The molecular formula is C18H28O2. The second kappa shape index (κ2) is 5.99. The van der Waals surface area contributed by atoms with Gasteiger partial charge in [-0.05, 0) is 33.9 Å². The van der Waals surface area contributed by atoms with Gasteiger partial charge in [0.05, 0.1) is 0 Å². The van der Waals surface area contributed by atoms with E-state index in [0.717, 1.165) is 16.9 Å². The third kappa shape index (κ3) is 3.84. The van der Waals surface area contributed by atoms with Crippen molar-refractivity contribution in [2.45, 2.75) is 72.6 Å². The smallest absolute Gasteiger partial charge is 0.308 e. The second-order valence-corrected chi connectivity index (χ2v) is 7.14. The number of rotatable bonds is 3. The van der Waals surface area contributed by atoms with Crippen molar-refractivity contribution in [1.82, 2.24) is 0 Å². The van der Waals surface area contributed by atoms with E-state index in [9.17, 15) is 4.79 Å². The van der Waals surface area contributed by atoms with E-state index in [4.69, 9.17) is 4.74 Å². The lowest BCUT2D eigenvalue weighted by molar-refractivity contribution is -0.132. The number of carbonyl (C=O) groups is 1. The van der Waals surface area contributed by atoms with Crippen LogP contribution in [0.1, 0.15) is 83.9 Å². The number of ether oxygens (including phenoxy) is 1. The van der Waals surface area contributed by atoms with Crippen LogP contribution in [0.3, 0.4) is 0 Å². The molecule has 0 radical (unpaired) electrons. The molecule has 112 valence electrons. The van der Waals surface area contributed by atoms with Crippen molar-refractivity contribution in [3.8, 4) is 5.75 Å². The maximum Gasteiger partial charge on any atom is 0.308 e. The summed E-state index contributed by atoms with van der Waals surface area (Å²) in [7, 11) is 0. The molecule has 0 aliphatic carbocycles. The third-order valence-electron chi connectivity index (χ3n) is 3.50. The minimum Gasteiger partial charge on any atom is -0.426 e. The van der Waals surface area contributed by atoms with Gasteiger partial charge in [0.25, 0.3) is 0 Å². The van der Waals surface area contributed by atoms with Gasteiger partial charge in [-0.25, -0.2) is 0 Å². The number of hydrogen-bond acceptors (Lipinski definition) is 2. The van der Waals surface area contributed by atoms with Crippen LogP contribution in [-0.4, -0.2) is 5.97 Å². The van der Waals surface area contributed by atoms with Gasteiger partial charge in [0, 0.05) is 6.92 Å². The SMILES string of the molecule is CC(=O)Oc1c(C(C)C)cc(C(C)(C)C)cc1C(C)C. The Hall–Kier alpha value is -1.31. The monoisotopic (exact) mass is 276 g/mol. The van der Waals surface area contributed by atoms with E-state index in [1.807, 2.05) is 0 Å². The van der Waals surface area contributed by atoms with Gasteiger partial charge in [-0.2, -0.15) is 0 Å². The van der Waals surface area contributed by atoms with E-state index in [1.54, 1.807) is 0 Å². The van der Waals surface area contributed by atoms with Gasteiger partial charge in [0.15, 0.2) is 0 Å². The Labute approximate surface area is 123 Å². The molecule has 0 heterocycles. The average Bonchev–Trinajstić information content (AvgIpc) is 2.25. The van der Waals surface area contributed by atoms with Crippen molar-refractivity contribution in [2.24, 2.45) is 0 Å². The molecule has 2 heteroatoms. The van der Waals surface area contributed by atoms with Gasteiger partial charge in [-0.3, -0.25) is 4.79 Å². The average molecular weight is 276 g/mol. The molecule has 0 amide bonds. The summed E-state index contributed by atoms with van der Waals surface area (Å²) in [4.78, 5) is 11.4. The summed E-state index contributed by atoms with van der Waals surface area (Å²) in [6.45, 7) is 16.6. The summed E-state index contributed by atoms with van der Waals surface area (Å²) in [6, 6.07) is 4.38. The second-order valence-electron chi connectivity index (χ2n) is 7.14. The Morgan fingerprint density at radius 2 is 1.40 bits per heavy atom. The molecule has 1 aromatic carbocycles. The Morgan fingerprint density at radius 3 is 1.65 bits per heavy atom. The quantitative estimate of drug-likeness (QED) is 0.563. The van der Waals surface area contributed by atoms with Crippen LogP contribution in [-0.2, 0) is 10.2 Å². The van der Waals surface area contributed by atoms with Gasteiger partial charge in [-0.15, -0.1) is 0 Å². The normalized spacial score (nSPS) is 12.1. The van der Waals surface area contributed by atoms with E-state index < -0.39 is 0 Å². The highest BCUT2D eigenvalue weighted by molar-refractivity contribution is 5.71. The molecule has 2 nitrogen and oxygen atoms in total. The van der Waals surface area contributed by atoms with Crippen LogP contribution in [0.2, 0.25) is 0 Å². The van der Waals surface area contributed by atoms with Crippen LogP contribution in [0.15, 0.2) is 12.1 Å². The predicted molar refractivity (Wildman–Crippen MR) is 84.6 cm³/mol. The fourth-order valence-electron chi connectivity index (χ4n) is 2.23. The zero-order valence-corrected chi connectivity index (χ0v) is 14.1. The lowest BCUT2D eigenvalue weighted by atomic mass is 9.81. The standard InChI is InChI=1S/C18H28O2/c1-11(2)15-9-14(18(6,7)8)10-16(12(3)4)17(15)20-13(5)19/h9-12H,1-8H3. The molecule has 0 atom stereocenters. The van der Waals surface area contributed by atoms with Gasteiger partial charge in [0.1, 0.15) is 5.75 Å². The molecule has 0 fully saturated rings. The molecule has 0 aliphatic heterocycles. The van der Waals surface area contributed by atoms with E-state index in [2.05, 4.69) is 60.6 Å². The van der Waals surface area contributed by atoms with E-state index in [-0.39, 0.29) is 11.4 Å². The molecule has 0 bridgehead atoms. The molecule has 0 aliphatic rings. The van der Waals surface area contributed by atoms with Crippen LogP contribution >= 0.6 is 0 Å². The molecular weight excluding hydrogens is 248 g/mol. The van der Waals surface area contributed by atoms with E-state index in [0.29, 0.717) is 11.8 Å². The zero-order chi connectivity index (χ0) is 15.7. The molecule has 0 aromatic heterocycles. The van der Waals surface area contributed by atoms with Crippen molar-refractivity contribution in [3.63, 3.8) is 0 Å². The number of carbonyl (C=O) groups excluding carboxylic acids is 1. The highest BCUT2D eigenvalue weighted by Gasteiger charge is 2.23. The van der Waals surface area contributed by atoms with Crippen LogP contribution in [0.5, 0.6) is 5.75 Å². The van der Waals surface area contributed by atoms with Crippen molar-refractivity contribution in [3.05, 3.63) is 28.8 Å². The summed E-state index contributed by atoms with van der Waals surface area (Å²) < 4.78 is 5.53. The van der Waals surface area contributed by atoms with E-state index in [1.165, 1.54) is 12.5 Å². The van der Waals surface area contributed by atoms with Gasteiger partial charge >= 0.3 is 5.97 Å². The minimum absolute atomic E-state index is 0.0854. The third-order valence-corrected chi connectivity index (χ3v) is 3.50. The van der Waals surface area contributed by atoms with E-state index >= 15 is 0 Å². The van der Waals surface area contributed by atoms with Crippen molar-refractivity contribution < 1.29 is 9.53 Å². The number of esters is 1. The lowest BCUT2D eigenvalue weighted by Crippen LogP contribution is -2.15. The minimum atomic E-state index is -0.252. The first-order chi connectivity index (χ1) is 9.04. The summed E-state index contributed by atoms with van der Waals surface area (Å²) in [5, 5.41) is 0. The lowest BCUT2D eigenvalue weighted by Gasteiger charge is -2.26. The fraction of sp³-hybridized carbons (Fsp3) is 0.611. The van der Waals surface area contributed by atoms with Gasteiger partial charge in [-0.1, -0.05) is 60.6 Å². The Morgan fingerprint density at radius 1 is 1.00 bits per heavy atom. The summed E-state index contributed by atoms with van der Waals surface area (Å²) >= 11 is 0. The zero-order valence-electron chi connectivity index (χ0n) is 14.1. The first-order valence-corrected chi connectivity index (χ1v) is 7.40. The van der Waals surface area contributed by atoms with Crippen LogP contribution < -0.4 is 4.74 Å². The predicted octanol–water partition coefficient (Wildman–Crippen LogP) is 5.16. The number of benzene rings is 1. The van der Waals surface area contributed by atoms with Crippen molar-refractivity contribution >= 4 is 5.97 Å². The first kappa shape index (κ1) is 16.7. The summed E-state index contributed by atoms with van der Waals surface area (Å²) in [5.74, 6) is 1.15. The van der Waals surface area contributed by atoms with Gasteiger partial charge < -0.3 is 4.74 Å². The maximum absolute atomic E-state index is 11.4. The largest absolute Gasteiger partial charge is 0.426 e. The molecule has 1 rings (SSSR count).